The van der Waals surface area contributed by atoms with Crippen LogP contribution >= 0.6 is 0 Å². The van der Waals surface area contributed by atoms with E-state index in [1.54, 1.807) is 18.7 Å². The van der Waals surface area contributed by atoms with E-state index in [1.165, 1.54) is 0 Å². The first-order valence-electron chi connectivity index (χ1n) is 11.5. The predicted molar refractivity (Wildman–Crippen MR) is 118 cm³/mol. The molecule has 6 nitrogen and oxygen atoms in total. The number of amides is 1. The van der Waals surface area contributed by atoms with Crippen molar-refractivity contribution in [2.45, 2.75) is 92.7 Å². The fourth-order valence-corrected chi connectivity index (χ4v) is 4.36. The van der Waals surface area contributed by atoms with Gasteiger partial charge in [-0.05, 0) is 58.9 Å². The second-order valence-corrected chi connectivity index (χ2v) is 8.27. The number of unbranched alkanes of at least 4 members (excludes halogenated alkanes) is 1. The first-order chi connectivity index (χ1) is 14.3. The van der Waals surface area contributed by atoms with Crippen LogP contribution in [0.5, 0.6) is 0 Å². The molecule has 6 heteroatoms. The van der Waals surface area contributed by atoms with Gasteiger partial charge in [0.25, 0.3) is 0 Å². The van der Waals surface area contributed by atoms with Gasteiger partial charge in [0.05, 0.1) is 13.2 Å². The van der Waals surface area contributed by atoms with Gasteiger partial charge in [0.2, 0.25) is 5.91 Å². The first kappa shape index (κ1) is 24.2. The number of carbonyl (C=O) groups is 3. The lowest BCUT2D eigenvalue weighted by atomic mass is 9.97. The molecule has 1 atom stereocenters. The predicted octanol–water partition coefficient (Wildman–Crippen LogP) is 4.69. The minimum atomic E-state index is -0.403. The van der Waals surface area contributed by atoms with E-state index in [-0.39, 0.29) is 36.8 Å². The molecule has 168 valence electrons. The van der Waals surface area contributed by atoms with Crippen LogP contribution in [0.15, 0.2) is 0 Å². The van der Waals surface area contributed by atoms with Gasteiger partial charge in [-0.15, -0.1) is 0 Å². The second-order valence-electron chi connectivity index (χ2n) is 8.27. The molecule has 2 rings (SSSR count). The molecule has 0 bridgehead atoms. The van der Waals surface area contributed by atoms with Crippen LogP contribution in [0.1, 0.15) is 98.3 Å². The molecule has 1 amide bonds. The molecule has 1 aromatic heterocycles. The van der Waals surface area contributed by atoms with Gasteiger partial charge in [-0.2, -0.15) is 0 Å². The lowest BCUT2D eigenvalue weighted by molar-refractivity contribution is -0.136. The lowest BCUT2D eigenvalue weighted by Gasteiger charge is -2.26. The zero-order chi connectivity index (χ0) is 22.4. The van der Waals surface area contributed by atoms with Crippen LogP contribution in [-0.4, -0.2) is 46.3 Å². The molecule has 1 aliphatic rings. The van der Waals surface area contributed by atoms with E-state index in [0.29, 0.717) is 23.4 Å². The van der Waals surface area contributed by atoms with E-state index in [0.717, 1.165) is 44.2 Å². The van der Waals surface area contributed by atoms with Gasteiger partial charge in [-0.3, -0.25) is 9.59 Å². The zero-order valence-corrected chi connectivity index (χ0v) is 19.5. The molecule has 0 radical (unpaired) electrons. The molecule has 0 aliphatic heterocycles. The molecular weight excluding hydrogens is 380 g/mol. The molecule has 0 N–H and O–H groups in total. The number of aromatic nitrogens is 1. The Bertz CT molecular complexity index is 777. The Morgan fingerprint density at radius 3 is 2.30 bits per heavy atom. The summed E-state index contributed by atoms with van der Waals surface area (Å²) in [6.45, 7) is 12.5. The largest absolute Gasteiger partial charge is 0.461 e. The smallest absolute Gasteiger partial charge is 0.355 e. The van der Waals surface area contributed by atoms with Crippen LogP contribution in [0.2, 0.25) is 0 Å². The number of Topliss-reactive ketones (excluding diaryl/α,β-unsaturated/α-hetero) is 1. The van der Waals surface area contributed by atoms with Gasteiger partial charge in [-0.25, -0.2) is 4.79 Å². The number of carbonyl (C=O) groups excluding carboxylic acids is 3. The van der Waals surface area contributed by atoms with Gasteiger partial charge in [0.15, 0.2) is 5.78 Å². The van der Waals surface area contributed by atoms with E-state index >= 15 is 0 Å². The van der Waals surface area contributed by atoms with Crippen molar-refractivity contribution in [3.05, 3.63) is 22.5 Å². The third-order valence-corrected chi connectivity index (χ3v) is 6.16. The van der Waals surface area contributed by atoms with E-state index in [1.807, 2.05) is 25.3 Å². The number of ketones is 1. The summed E-state index contributed by atoms with van der Waals surface area (Å²) >= 11 is 0. The van der Waals surface area contributed by atoms with Crippen molar-refractivity contribution in [3.8, 4) is 0 Å². The third-order valence-electron chi connectivity index (χ3n) is 6.16. The third kappa shape index (κ3) is 5.13. The summed E-state index contributed by atoms with van der Waals surface area (Å²) < 4.78 is 7.06. The highest BCUT2D eigenvalue weighted by Crippen LogP contribution is 2.31. The number of hydrogen-bond acceptors (Lipinski definition) is 4. The summed E-state index contributed by atoms with van der Waals surface area (Å²) in [5, 5.41) is 0. The maximum atomic E-state index is 13.4. The average molecular weight is 419 g/mol. The van der Waals surface area contributed by atoms with Crippen molar-refractivity contribution in [2.24, 2.45) is 5.92 Å². The van der Waals surface area contributed by atoms with Crippen molar-refractivity contribution in [3.63, 3.8) is 0 Å². The molecule has 1 fully saturated rings. The maximum absolute atomic E-state index is 13.4. The van der Waals surface area contributed by atoms with Crippen molar-refractivity contribution >= 4 is 17.7 Å². The van der Waals surface area contributed by atoms with Crippen LogP contribution in [0.3, 0.4) is 0 Å². The van der Waals surface area contributed by atoms with Crippen molar-refractivity contribution in [1.82, 2.24) is 9.47 Å². The van der Waals surface area contributed by atoms with Crippen molar-refractivity contribution in [2.75, 3.05) is 13.2 Å². The first-order valence-corrected chi connectivity index (χ1v) is 11.5. The highest BCUT2D eigenvalue weighted by Gasteiger charge is 2.37. The monoisotopic (exact) mass is 418 g/mol. The molecule has 1 aromatic rings. The Morgan fingerprint density at radius 2 is 1.80 bits per heavy atom. The number of esters is 1. The van der Waals surface area contributed by atoms with Crippen LogP contribution in [0.25, 0.3) is 0 Å². The fourth-order valence-electron chi connectivity index (χ4n) is 4.36. The summed E-state index contributed by atoms with van der Waals surface area (Å²) in [4.78, 5) is 40.9. The van der Waals surface area contributed by atoms with Gasteiger partial charge in [0, 0.05) is 29.8 Å². The molecule has 1 heterocycles. The number of nitrogens with zero attached hydrogens (tertiary/aromatic N) is 2. The van der Waals surface area contributed by atoms with Crippen LogP contribution in [-0.2, 0) is 16.1 Å². The summed E-state index contributed by atoms with van der Waals surface area (Å²) in [5.74, 6) is -0.401. The molecule has 1 aliphatic carbocycles. The molecule has 0 aromatic carbocycles. The minimum Gasteiger partial charge on any atom is -0.461 e. The highest BCUT2D eigenvalue weighted by atomic mass is 16.5. The van der Waals surface area contributed by atoms with Crippen LogP contribution in [0, 0.1) is 19.8 Å². The lowest BCUT2D eigenvalue weighted by Crippen LogP contribution is -2.41. The molecule has 0 unspecified atom stereocenters. The summed E-state index contributed by atoms with van der Waals surface area (Å²) in [6, 6.07) is 0.176. The Balaban J connectivity index is 2.30. The molecule has 0 saturated heterocycles. The van der Waals surface area contributed by atoms with E-state index in [4.69, 9.17) is 4.74 Å². The molecule has 1 saturated carbocycles. The quantitative estimate of drug-likeness (QED) is 0.365. The molecule has 0 spiro atoms. The zero-order valence-electron chi connectivity index (χ0n) is 19.5. The van der Waals surface area contributed by atoms with Crippen molar-refractivity contribution < 1.29 is 19.1 Å². The number of hydrogen-bond donors (Lipinski definition) is 0. The highest BCUT2D eigenvalue weighted by molar-refractivity contribution is 6.04. The molecule has 30 heavy (non-hydrogen) atoms. The Kier molecular flexibility index (Phi) is 8.68. The number of ether oxygens (including phenoxy) is 1. The van der Waals surface area contributed by atoms with E-state index < -0.39 is 5.97 Å². The van der Waals surface area contributed by atoms with Gasteiger partial charge in [-0.1, -0.05) is 26.7 Å². The SMILES string of the molecule is CCCC[C@H](CC)C(=O)N(CC(=O)c1c(C)c(C(=O)OCC)n(CC)c1C)C1CC1. The van der Waals surface area contributed by atoms with Crippen LogP contribution < -0.4 is 0 Å². The summed E-state index contributed by atoms with van der Waals surface area (Å²) in [5.41, 5.74) is 2.42. The normalized spacial score (nSPS) is 14.5. The Labute approximate surface area is 181 Å². The Morgan fingerprint density at radius 1 is 1.13 bits per heavy atom. The molecular formula is C24H38N2O4. The fraction of sp³-hybridized carbons (Fsp3) is 0.708. The standard InChI is InChI=1S/C24H38N2O4/c1-7-11-12-18(8-2)23(28)26(19-13-14-19)15-20(27)21-16(5)22(24(29)30-10-4)25(9-3)17(21)6/h18-19H,7-15H2,1-6H3/t18-/m0/s1. The van der Waals surface area contributed by atoms with Crippen LogP contribution in [0.4, 0.5) is 0 Å². The van der Waals surface area contributed by atoms with Gasteiger partial charge >= 0.3 is 5.97 Å². The Hall–Kier alpha value is -2.11. The second kappa shape index (κ2) is 10.8. The van der Waals surface area contributed by atoms with Gasteiger partial charge < -0.3 is 14.2 Å². The van der Waals surface area contributed by atoms with E-state index in [2.05, 4.69) is 6.92 Å². The van der Waals surface area contributed by atoms with Gasteiger partial charge in [0.1, 0.15) is 5.69 Å². The maximum Gasteiger partial charge on any atom is 0.355 e. The topological polar surface area (TPSA) is 68.6 Å². The number of rotatable bonds is 12. The average Bonchev–Trinajstić information content (AvgIpc) is 3.51. The van der Waals surface area contributed by atoms with E-state index in [9.17, 15) is 14.4 Å². The minimum absolute atomic E-state index is 0.0177. The van der Waals surface area contributed by atoms with Crippen molar-refractivity contribution in [1.29, 1.82) is 0 Å². The summed E-state index contributed by atoms with van der Waals surface area (Å²) in [6.07, 6.45) is 5.69. The summed E-state index contributed by atoms with van der Waals surface area (Å²) in [7, 11) is 0.